The number of allylic oxidation sites excluding steroid dienone is 2. The van der Waals surface area contributed by atoms with Gasteiger partial charge in [0.25, 0.3) is 0 Å². The highest BCUT2D eigenvalue weighted by atomic mass is 32.1. The second-order valence-electron chi connectivity index (χ2n) is 4.64. The van der Waals surface area contributed by atoms with Crippen LogP contribution in [0.4, 0.5) is 5.00 Å². The molecule has 0 aliphatic carbocycles. The highest BCUT2D eigenvalue weighted by Gasteiger charge is 2.07. The average molecular weight is 388 g/mol. The van der Waals surface area contributed by atoms with Gasteiger partial charge in [0.2, 0.25) is 0 Å². The molecule has 0 aromatic carbocycles. The van der Waals surface area contributed by atoms with Crippen molar-refractivity contribution in [1.82, 2.24) is 0 Å². The molecule has 0 bridgehead atoms. The lowest BCUT2D eigenvalue weighted by atomic mass is 10.2. The minimum absolute atomic E-state index is 0.147. The molecule has 1 aromatic heterocycles. The van der Waals surface area contributed by atoms with Crippen LogP contribution in [0, 0.1) is 6.92 Å². The zero-order valence-electron chi connectivity index (χ0n) is 17.1. The quantitative estimate of drug-likeness (QED) is 0.438. The van der Waals surface area contributed by atoms with Crippen LogP contribution in [0.3, 0.4) is 0 Å². The van der Waals surface area contributed by atoms with Gasteiger partial charge >= 0.3 is 5.97 Å². The van der Waals surface area contributed by atoms with Crippen molar-refractivity contribution in [2.24, 2.45) is 0 Å². The zero-order chi connectivity index (χ0) is 21.1. The molecule has 1 rings (SSSR count). The third-order valence-electron chi connectivity index (χ3n) is 2.24. The molecule has 0 aliphatic heterocycles. The zero-order valence-corrected chi connectivity index (χ0v) is 18.0. The minimum Gasteiger partial charge on any atom is -0.471 e. The predicted octanol–water partition coefficient (Wildman–Crippen LogP) is 4.55. The van der Waals surface area contributed by atoms with E-state index in [1.165, 1.54) is 18.3 Å². The van der Waals surface area contributed by atoms with Crippen molar-refractivity contribution in [3.05, 3.63) is 41.2 Å². The monoisotopic (exact) mass is 387 g/mol. The molecule has 150 valence electrons. The topological polar surface area (TPSA) is 84.9 Å². The van der Waals surface area contributed by atoms with Crippen molar-refractivity contribution in [3.63, 3.8) is 0 Å². The number of rotatable bonds is 5. The van der Waals surface area contributed by atoms with Crippen molar-refractivity contribution in [2.45, 2.75) is 41.5 Å². The van der Waals surface area contributed by atoms with Gasteiger partial charge in [0.05, 0.1) is 28.5 Å². The molecule has 0 amide bonds. The fraction of sp³-hybridized carbons (Fsp3) is 0.474. The van der Waals surface area contributed by atoms with Gasteiger partial charge in [-0.3, -0.25) is 9.59 Å². The van der Waals surface area contributed by atoms with Crippen LogP contribution in [-0.4, -0.2) is 37.6 Å². The molecule has 1 heterocycles. The Morgan fingerprint density at radius 1 is 1.31 bits per heavy atom. The van der Waals surface area contributed by atoms with E-state index in [0.29, 0.717) is 6.61 Å². The Kier molecular flexibility index (Phi) is 21.2. The SMILES string of the molecule is C=C(C)O/C=C\C.CCOC(C)=O.CNc1cc(C)c(C(C)=O)s1.CO. The Morgan fingerprint density at radius 2 is 1.85 bits per heavy atom. The average Bonchev–Trinajstić information content (AvgIpc) is 2.97. The summed E-state index contributed by atoms with van der Waals surface area (Å²) in [7, 11) is 2.86. The fourth-order valence-electron chi connectivity index (χ4n) is 1.34. The predicted molar refractivity (Wildman–Crippen MR) is 110 cm³/mol. The van der Waals surface area contributed by atoms with Crippen molar-refractivity contribution in [3.8, 4) is 0 Å². The molecule has 2 N–H and O–H groups in total. The number of anilines is 1. The van der Waals surface area contributed by atoms with Gasteiger partial charge < -0.3 is 19.9 Å². The van der Waals surface area contributed by atoms with Gasteiger partial charge in [0.15, 0.2) is 5.78 Å². The van der Waals surface area contributed by atoms with Gasteiger partial charge in [-0.2, -0.15) is 0 Å². The van der Waals surface area contributed by atoms with Gasteiger partial charge in [-0.05, 0) is 46.2 Å². The highest BCUT2D eigenvalue weighted by molar-refractivity contribution is 7.18. The maximum absolute atomic E-state index is 11.0. The Bertz CT molecular complexity index is 550. The van der Waals surface area contributed by atoms with Crippen LogP contribution >= 0.6 is 11.3 Å². The van der Waals surface area contributed by atoms with E-state index in [1.807, 2.05) is 33.0 Å². The van der Waals surface area contributed by atoms with E-state index in [0.717, 1.165) is 28.3 Å². The fourth-order valence-corrected chi connectivity index (χ4v) is 2.26. The summed E-state index contributed by atoms with van der Waals surface area (Å²) in [5.74, 6) is 0.657. The number of hydrogen-bond donors (Lipinski definition) is 2. The van der Waals surface area contributed by atoms with Crippen LogP contribution < -0.4 is 5.32 Å². The van der Waals surface area contributed by atoms with E-state index in [1.54, 1.807) is 27.0 Å². The summed E-state index contributed by atoms with van der Waals surface area (Å²) in [5, 5.41) is 11.1. The van der Waals surface area contributed by atoms with Crippen LogP contribution in [0.25, 0.3) is 0 Å². The molecule has 0 unspecified atom stereocenters. The summed E-state index contributed by atoms with van der Waals surface area (Å²) in [4.78, 5) is 21.7. The van der Waals surface area contributed by atoms with Crippen LogP contribution in [-0.2, 0) is 14.3 Å². The molecule has 0 aliphatic rings. The number of ketones is 1. The first kappa shape index (κ1) is 28.7. The molecule has 7 heteroatoms. The van der Waals surface area contributed by atoms with E-state index in [9.17, 15) is 9.59 Å². The molecule has 0 fully saturated rings. The lowest BCUT2D eigenvalue weighted by molar-refractivity contribution is -0.140. The van der Waals surface area contributed by atoms with Gasteiger partial charge in [0.1, 0.15) is 0 Å². The minimum atomic E-state index is -0.211. The number of thiophene rings is 1. The largest absolute Gasteiger partial charge is 0.471 e. The maximum atomic E-state index is 11.0. The first-order chi connectivity index (χ1) is 12.2. The second-order valence-corrected chi connectivity index (χ2v) is 5.70. The van der Waals surface area contributed by atoms with Gasteiger partial charge in [-0.1, -0.05) is 12.7 Å². The number of Topliss-reactive ketones (excluding diaryl/α,β-unsaturated/α-hetero) is 1. The van der Waals surface area contributed by atoms with E-state index in [2.05, 4.69) is 16.6 Å². The summed E-state index contributed by atoms with van der Waals surface area (Å²) in [6, 6.07) is 1.99. The van der Waals surface area contributed by atoms with E-state index < -0.39 is 0 Å². The lowest BCUT2D eigenvalue weighted by Crippen LogP contribution is -1.95. The number of carbonyl (C=O) groups is 2. The molecular formula is C19H33NO5S. The number of aliphatic hydroxyl groups is 1. The van der Waals surface area contributed by atoms with Gasteiger partial charge in [-0.25, -0.2) is 0 Å². The number of esters is 1. The first-order valence-corrected chi connectivity index (χ1v) is 8.81. The van der Waals surface area contributed by atoms with Crippen molar-refractivity contribution in [1.29, 1.82) is 0 Å². The van der Waals surface area contributed by atoms with E-state index in [-0.39, 0.29) is 11.8 Å². The third kappa shape index (κ3) is 18.2. The van der Waals surface area contributed by atoms with E-state index in [4.69, 9.17) is 9.84 Å². The number of aliphatic hydroxyl groups excluding tert-OH is 1. The second kappa shape index (κ2) is 19.2. The third-order valence-corrected chi connectivity index (χ3v) is 3.59. The Labute approximate surface area is 161 Å². The standard InChI is InChI=1S/C8H11NOS.C6H10O.C4H8O2.CH4O/c1-5-4-7(9-3)11-8(5)6(2)10;1-4-5-7-6(2)3;1-3-6-4(2)5;1-2/h4,9H,1-3H3;4-5H,2H2,1,3H3;3H2,1-2H3;2H,1H3/b;5-4-;;. The Balaban J connectivity index is -0.000000308. The Morgan fingerprint density at radius 3 is 2.00 bits per heavy atom. The number of nitrogens with one attached hydrogen (secondary N) is 1. The molecule has 0 spiro atoms. The van der Waals surface area contributed by atoms with Crippen LogP contribution in [0.5, 0.6) is 0 Å². The molecule has 1 aromatic rings. The number of carbonyl (C=O) groups excluding carboxylic acids is 2. The summed E-state index contributed by atoms with van der Waals surface area (Å²) in [6.07, 6.45) is 3.41. The molecule has 0 radical (unpaired) electrons. The van der Waals surface area contributed by atoms with Gasteiger partial charge in [-0.15, -0.1) is 11.3 Å². The highest BCUT2D eigenvalue weighted by Crippen LogP contribution is 2.26. The number of aryl methyl sites for hydroxylation is 1. The van der Waals surface area contributed by atoms with Crippen LogP contribution in [0.15, 0.2) is 30.7 Å². The van der Waals surface area contributed by atoms with E-state index >= 15 is 0 Å². The summed E-state index contributed by atoms with van der Waals surface area (Å²) in [5.41, 5.74) is 1.06. The smallest absolute Gasteiger partial charge is 0.302 e. The molecule has 0 saturated heterocycles. The normalized spacial score (nSPS) is 8.65. The summed E-state index contributed by atoms with van der Waals surface area (Å²) in [6.45, 7) is 14.4. The summed E-state index contributed by atoms with van der Waals surface area (Å²) >= 11 is 1.51. The molecular weight excluding hydrogens is 354 g/mol. The molecule has 6 nitrogen and oxygen atoms in total. The molecule has 0 saturated carbocycles. The van der Waals surface area contributed by atoms with Crippen molar-refractivity contribution in [2.75, 3.05) is 26.1 Å². The van der Waals surface area contributed by atoms with Crippen LogP contribution in [0.1, 0.15) is 49.9 Å². The lowest BCUT2D eigenvalue weighted by Gasteiger charge is -1.91. The molecule has 0 atom stereocenters. The molecule has 26 heavy (non-hydrogen) atoms. The summed E-state index contributed by atoms with van der Waals surface area (Å²) < 4.78 is 9.22. The Hall–Kier alpha value is -2.12. The number of hydrogen-bond acceptors (Lipinski definition) is 7. The number of ether oxygens (including phenoxy) is 2. The maximum Gasteiger partial charge on any atom is 0.302 e. The van der Waals surface area contributed by atoms with Crippen molar-refractivity contribution < 1.29 is 24.2 Å². The first-order valence-electron chi connectivity index (χ1n) is 8.00. The van der Waals surface area contributed by atoms with Crippen molar-refractivity contribution >= 4 is 28.1 Å². The van der Waals surface area contributed by atoms with Crippen LogP contribution in [0.2, 0.25) is 0 Å². The van der Waals surface area contributed by atoms with Gasteiger partial charge in [0, 0.05) is 21.1 Å².